The van der Waals surface area contributed by atoms with Crippen LogP contribution < -0.4 is 16.0 Å². The third-order valence-corrected chi connectivity index (χ3v) is 5.18. The zero-order valence-electron chi connectivity index (χ0n) is 13.7. The Morgan fingerprint density at radius 3 is 2.24 bits per heavy atom. The Kier molecular flexibility index (Phi) is 5.25. The molecule has 118 valence electrons. The standard InChI is InChI=1S/C17H29N3O/c1-13-9-11-17(12-10-13,20(2)3)16(19-18)14-5-7-15(21-4)8-6-14/h5-8,13,16,19H,9-12,18H2,1-4H3. The van der Waals surface area contributed by atoms with Crippen molar-refractivity contribution in [3.05, 3.63) is 29.8 Å². The van der Waals surface area contributed by atoms with E-state index in [1.165, 1.54) is 31.2 Å². The van der Waals surface area contributed by atoms with Gasteiger partial charge in [-0.25, -0.2) is 0 Å². The number of nitrogens with zero attached hydrogens (tertiary/aromatic N) is 1. The van der Waals surface area contributed by atoms with Crippen molar-refractivity contribution >= 4 is 0 Å². The highest BCUT2D eigenvalue weighted by Gasteiger charge is 2.43. The van der Waals surface area contributed by atoms with Crippen LogP contribution in [0.15, 0.2) is 24.3 Å². The van der Waals surface area contributed by atoms with Crippen LogP contribution in [0.1, 0.15) is 44.2 Å². The monoisotopic (exact) mass is 291 g/mol. The zero-order chi connectivity index (χ0) is 15.5. The topological polar surface area (TPSA) is 50.5 Å². The summed E-state index contributed by atoms with van der Waals surface area (Å²) in [4.78, 5) is 2.35. The predicted octanol–water partition coefficient (Wildman–Crippen LogP) is 2.71. The largest absolute Gasteiger partial charge is 0.497 e. The van der Waals surface area contributed by atoms with E-state index in [0.717, 1.165) is 11.7 Å². The fourth-order valence-corrected chi connectivity index (χ4v) is 3.61. The maximum atomic E-state index is 5.96. The number of hydrazine groups is 1. The Labute approximate surface area is 128 Å². The van der Waals surface area contributed by atoms with E-state index in [1.807, 2.05) is 12.1 Å². The Bertz CT molecular complexity index is 436. The number of rotatable bonds is 5. The van der Waals surface area contributed by atoms with Crippen LogP contribution in [-0.2, 0) is 0 Å². The van der Waals surface area contributed by atoms with Crippen molar-refractivity contribution in [3.8, 4) is 5.75 Å². The van der Waals surface area contributed by atoms with E-state index in [0.29, 0.717) is 0 Å². The van der Waals surface area contributed by atoms with Gasteiger partial charge in [0.25, 0.3) is 0 Å². The molecule has 0 bridgehead atoms. The molecule has 1 fully saturated rings. The molecule has 1 aromatic carbocycles. The highest BCUT2D eigenvalue weighted by Crippen LogP contribution is 2.43. The second-order valence-corrected chi connectivity index (χ2v) is 6.55. The molecule has 0 aromatic heterocycles. The van der Waals surface area contributed by atoms with Crippen LogP contribution >= 0.6 is 0 Å². The van der Waals surface area contributed by atoms with Crippen molar-refractivity contribution < 1.29 is 4.74 Å². The molecule has 3 N–H and O–H groups in total. The van der Waals surface area contributed by atoms with Gasteiger partial charge in [0.2, 0.25) is 0 Å². The fraction of sp³-hybridized carbons (Fsp3) is 0.647. The molecule has 1 aliphatic carbocycles. The second kappa shape index (κ2) is 6.77. The molecule has 0 aliphatic heterocycles. The van der Waals surface area contributed by atoms with Gasteiger partial charge in [0, 0.05) is 5.54 Å². The lowest BCUT2D eigenvalue weighted by Gasteiger charge is -2.49. The second-order valence-electron chi connectivity index (χ2n) is 6.55. The Balaban J connectivity index is 2.31. The Morgan fingerprint density at radius 2 is 1.81 bits per heavy atom. The maximum Gasteiger partial charge on any atom is 0.118 e. The Morgan fingerprint density at radius 1 is 1.24 bits per heavy atom. The van der Waals surface area contributed by atoms with E-state index in [2.05, 4.69) is 43.5 Å². The molecule has 1 aromatic rings. The predicted molar refractivity (Wildman–Crippen MR) is 87.1 cm³/mol. The van der Waals surface area contributed by atoms with Gasteiger partial charge < -0.3 is 9.64 Å². The fourth-order valence-electron chi connectivity index (χ4n) is 3.61. The average molecular weight is 291 g/mol. The summed E-state index contributed by atoms with van der Waals surface area (Å²) in [6.07, 6.45) is 4.85. The van der Waals surface area contributed by atoms with Crippen molar-refractivity contribution in [3.63, 3.8) is 0 Å². The van der Waals surface area contributed by atoms with Gasteiger partial charge in [-0.15, -0.1) is 0 Å². The zero-order valence-corrected chi connectivity index (χ0v) is 13.7. The molecular weight excluding hydrogens is 262 g/mol. The van der Waals surface area contributed by atoms with Crippen LogP contribution in [0.3, 0.4) is 0 Å². The van der Waals surface area contributed by atoms with Gasteiger partial charge in [-0.2, -0.15) is 0 Å². The number of hydrogen-bond donors (Lipinski definition) is 2. The number of methoxy groups -OCH3 is 1. The molecule has 1 atom stereocenters. The van der Waals surface area contributed by atoms with Crippen molar-refractivity contribution in [2.24, 2.45) is 11.8 Å². The number of hydrogen-bond acceptors (Lipinski definition) is 4. The molecular formula is C17H29N3O. The first-order valence-electron chi connectivity index (χ1n) is 7.81. The first-order valence-corrected chi connectivity index (χ1v) is 7.81. The molecule has 0 radical (unpaired) electrons. The number of ether oxygens (including phenoxy) is 1. The van der Waals surface area contributed by atoms with E-state index in [9.17, 15) is 0 Å². The normalized spacial score (nSPS) is 27.6. The number of benzene rings is 1. The van der Waals surface area contributed by atoms with Gasteiger partial charge in [0.05, 0.1) is 13.2 Å². The molecule has 0 heterocycles. The van der Waals surface area contributed by atoms with Gasteiger partial charge in [0.1, 0.15) is 5.75 Å². The van der Waals surface area contributed by atoms with Gasteiger partial charge >= 0.3 is 0 Å². The van der Waals surface area contributed by atoms with Crippen molar-refractivity contribution in [1.29, 1.82) is 0 Å². The van der Waals surface area contributed by atoms with Crippen LogP contribution in [0.5, 0.6) is 5.75 Å². The van der Waals surface area contributed by atoms with Crippen molar-refractivity contribution in [2.45, 2.75) is 44.2 Å². The molecule has 1 unspecified atom stereocenters. The van der Waals surface area contributed by atoms with Crippen LogP contribution in [0, 0.1) is 5.92 Å². The molecule has 0 spiro atoms. The number of nitrogens with one attached hydrogen (secondary N) is 1. The minimum atomic E-state index is 0.0792. The lowest BCUT2D eigenvalue weighted by molar-refractivity contribution is 0.0428. The highest BCUT2D eigenvalue weighted by molar-refractivity contribution is 5.31. The quantitative estimate of drug-likeness (QED) is 0.647. The van der Waals surface area contributed by atoms with E-state index >= 15 is 0 Å². The van der Waals surface area contributed by atoms with E-state index < -0.39 is 0 Å². The summed E-state index contributed by atoms with van der Waals surface area (Å²) in [5.74, 6) is 7.65. The summed E-state index contributed by atoms with van der Waals surface area (Å²) >= 11 is 0. The number of likely N-dealkylation sites (N-methyl/N-ethyl adjacent to an activating group) is 1. The van der Waals surface area contributed by atoms with Crippen LogP contribution in [-0.4, -0.2) is 31.6 Å². The van der Waals surface area contributed by atoms with E-state index in [4.69, 9.17) is 10.6 Å². The van der Waals surface area contributed by atoms with E-state index in [1.54, 1.807) is 7.11 Å². The van der Waals surface area contributed by atoms with Crippen LogP contribution in [0.25, 0.3) is 0 Å². The summed E-state index contributed by atoms with van der Waals surface area (Å²) in [6, 6.07) is 8.38. The summed E-state index contributed by atoms with van der Waals surface area (Å²) in [7, 11) is 6.03. The first-order chi connectivity index (χ1) is 10.0. The van der Waals surface area contributed by atoms with Crippen molar-refractivity contribution in [1.82, 2.24) is 10.3 Å². The van der Waals surface area contributed by atoms with Gasteiger partial charge in [-0.3, -0.25) is 11.3 Å². The lowest BCUT2D eigenvalue weighted by Crippen LogP contribution is -2.56. The van der Waals surface area contributed by atoms with Gasteiger partial charge in [-0.05, 0) is 63.4 Å². The third-order valence-electron chi connectivity index (χ3n) is 5.18. The molecule has 0 saturated heterocycles. The summed E-state index contributed by atoms with van der Waals surface area (Å²) < 4.78 is 5.25. The maximum absolute atomic E-state index is 5.96. The summed E-state index contributed by atoms with van der Waals surface area (Å²) in [5.41, 5.74) is 4.38. The smallest absolute Gasteiger partial charge is 0.118 e. The molecule has 0 amide bonds. The Hall–Kier alpha value is -1.10. The molecule has 2 rings (SSSR count). The van der Waals surface area contributed by atoms with Gasteiger partial charge in [0.15, 0.2) is 0 Å². The van der Waals surface area contributed by atoms with E-state index in [-0.39, 0.29) is 11.6 Å². The van der Waals surface area contributed by atoms with Crippen molar-refractivity contribution in [2.75, 3.05) is 21.2 Å². The molecule has 1 saturated carbocycles. The minimum absolute atomic E-state index is 0.0792. The molecule has 1 aliphatic rings. The molecule has 4 heteroatoms. The minimum Gasteiger partial charge on any atom is -0.497 e. The highest BCUT2D eigenvalue weighted by atomic mass is 16.5. The molecule has 4 nitrogen and oxygen atoms in total. The number of nitrogens with two attached hydrogens (primary N) is 1. The third kappa shape index (κ3) is 3.23. The first kappa shape index (κ1) is 16.3. The SMILES string of the molecule is COc1ccc(C(NN)C2(N(C)C)CCC(C)CC2)cc1. The molecule has 21 heavy (non-hydrogen) atoms. The lowest BCUT2D eigenvalue weighted by atomic mass is 9.70. The van der Waals surface area contributed by atoms with Gasteiger partial charge in [-0.1, -0.05) is 19.1 Å². The van der Waals surface area contributed by atoms with Crippen LogP contribution in [0.4, 0.5) is 0 Å². The summed E-state index contributed by atoms with van der Waals surface area (Å²) in [5, 5.41) is 0. The summed E-state index contributed by atoms with van der Waals surface area (Å²) in [6.45, 7) is 2.35. The average Bonchev–Trinajstić information content (AvgIpc) is 2.50. The van der Waals surface area contributed by atoms with Crippen LogP contribution in [0.2, 0.25) is 0 Å².